The van der Waals surface area contributed by atoms with Crippen molar-refractivity contribution in [3.8, 4) is 0 Å². The van der Waals surface area contributed by atoms with Crippen molar-refractivity contribution in [2.24, 2.45) is 15.7 Å². The van der Waals surface area contributed by atoms with Gasteiger partial charge in [0.05, 0.1) is 12.9 Å². The maximum Gasteiger partial charge on any atom is 0.275 e. The zero-order valence-corrected chi connectivity index (χ0v) is 12.6. The molecule has 128 valence electrons. The molecular weight excluding hydrogens is 309 g/mol. The number of ether oxygens (including phenoxy) is 1. The van der Waals surface area contributed by atoms with E-state index in [0.717, 1.165) is 6.34 Å². The lowest BCUT2D eigenvalue weighted by molar-refractivity contribution is -0.135. The Kier molecular flexibility index (Phi) is 4.97. The van der Waals surface area contributed by atoms with E-state index >= 15 is 0 Å². The highest BCUT2D eigenvalue weighted by atomic mass is 19.1. The van der Waals surface area contributed by atoms with Crippen LogP contribution in [0.1, 0.15) is 13.3 Å². The van der Waals surface area contributed by atoms with E-state index in [1.54, 1.807) is 6.92 Å². The average molecular weight is 329 g/mol. The van der Waals surface area contributed by atoms with Gasteiger partial charge in [-0.05, 0) is 6.42 Å². The molecule has 1 saturated heterocycles. The molecule has 1 amide bonds. The molecule has 2 heterocycles. The minimum Gasteiger partial charge on any atom is -0.393 e. The van der Waals surface area contributed by atoms with Gasteiger partial charge in [0.2, 0.25) is 0 Å². The van der Waals surface area contributed by atoms with Crippen LogP contribution in [0, 0.1) is 0 Å². The van der Waals surface area contributed by atoms with Gasteiger partial charge in [-0.1, -0.05) is 13.5 Å². The summed E-state index contributed by atoms with van der Waals surface area (Å²) >= 11 is 0. The molecular formula is C13H20FN5O4. The van der Waals surface area contributed by atoms with E-state index in [-0.39, 0.29) is 24.7 Å². The molecule has 5 N–H and O–H groups in total. The summed E-state index contributed by atoms with van der Waals surface area (Å²) in [6, 6.07) is 0. The minimum absolute atomic E-state index is 0.145. The van der Waals surface area contributed by atoms with Crippen molar-refractivity contribution >= 4 is 18.2 Å². The van der Waals surface area contributed by atoms with Crippen LogP contribution in [0.3, 0.4) is 0 Å². The first-order valence-electron chi connectivity index (χ1n) is 7.05. The zero-order valence-electron chi connectivity index (χ0n) is 12.6. The number of hydrogen-bond donors (Lipinski definition) is 4. The van der Waals surface area contributed by atoms with Crippen LogP contribution < -0.4 is 11.1 Å². The number of nitrogens with two attached hydrogens (primary N) is 1. The van der Waals surface area contributed by atoms with Crippen LogP contribution >= 0.6 is 0 Å². The van der Waals surface area contributed by atoms with Crippen molar-refractivity contribution in [3.63, 3.8) is 0 Å². The fourth-order valence-electron chi connectivity index (χ4n) is 2.38. The summed E-state index contributed by atoms with van der Waals surface area (Å²) in [7, 11) is 0. The molecule has 0 radical (unpaired) electrons. The molecule has 2 rings (SSSR count). The second kappa shape index (κ2) is 6.60. The van der Waals surface area contributed by atoms with Gasteiger partial charge < -0.3 is 25.6 Å². The molecule has 2 aliphatic rings. The third-order valence-corrected chi connectivity index (χ3v) is 3.93. The van der Waals surface area contributed by atoms with Crippen molar-refractivity contribution in [1.82, 2.24) is 10.2 Å². The molecule has 0 aromatic rings. The summed E-state index contributed by atoms with van der Waals surface area (Å²) in [5, 5.41) is 21.8. The fourth-order valence-corrected chi connectivity index (χ4v) is 2.38. The summed E-state index contributed by atoms with van der Waals surface area (Å²) in [5.41, 5.74) is 3.97. The summed E-state index contributed by atoms with van der Waals surface area (Å²) < 4.78 is 20.0. The number of aliphatic imine (C=N–C) groups is 2. The SMILES string of the molecule is C=C1/N=C\N([C@@H]2O[C@](CC)(CO)[C@@H](O)[C@H]2F)C/N=C(/N)NC1=O. The average Bonchev–Trinajstić information content (AvgIpc) is 2.81. The second-order valence-electron chi connectivity index (χ2n) is 5.32. The molecule has 10 heteroatoms. The molecule has 1 fully saturated rings. The molecule has 9 nitrogen and oxygen atoms in total. The standard InChI is InChI=1S/C13H20FN5O4/c1-3-13(4-20)9(21)8(14)11(23-13)19-5-16-7(2)10(22)18-12(15)17-6-19/h5,8-9,11,20-21H,2-4,6H2,1H3,(H3,15,17,18,22)/b16-5-/t8-,9+,11-,13-/m1/s1. The van der Waals surface area contributed by atoms with E-state index in [1.807, 2.05) is 0 Å². The summed E-state index contributed by atoms with van der Waals surface area (Å²) in [5.74, 6) is -0.809. The number of nitrogens with one attached hydrogen (secondary N) is 1. The Hall–Kier alpha value is -2.04. The maximum absolute atomic E-state index is 14.5. The van der Waals surface area contributed by atoms with E-state index < -0.39 is 36.6 Å². The van der Waals surface area contributed by atoms with Gasteiger partial charge in [-0.15, -0.1) is 0 Å². The smallest absolute Gasteiger partial charge is 0.275 e. The number of halogens is 1. The lowest BCUT2D eigenvalue weighted by Crippen LogP contribution is -2.44. The summed E-state index contributed by atoms with van der Waals surface area (Å²) in [4.78, 5) is 20.5. The van der Waals surface area contributed by atoms with Crippen molar-refractivity contribution in [2.45, 2.75) is 37.4 Å². The van der Waals surface area contributed by atoms with Crippen LogP contribution in [0.4, 0.5) is 4.39 Å². The van der Waals surface area contributed by atoms with Crippen LogP contribution in [-0.2, 0) is 9.53 Å². The van der Waals surface area contributed by atoms with Gasteiger partial charge in [0.1, 0.15) is 24.1 Å². The Labute approximate surface area is 132 Å². The number of carbonyl (C=O) groups is 1. The van der Waals surface area contributed by atoms with Gasteiger partial charge in [-0.25, -0.2) is 14.4 Å². The number of rotatable bonds is 3. The number of nitrogens with zero attached hydrogens (tertiary/aromatic N) is 3. The molecule has 4 atom stereocenters. The highest BCUT2D eigenvalue weighted by Crippen LogP contribution is 2.36. The second-order valence-corrected chi connectivity index (χ2v) is 5.32. The first-order chi connectivity index (χ1) is 10.8. The van der Waals surface area contributed by atoms with E-state index in [2.05, 4.69) is 21.9 Å². The van der Waals surface area contributed by atoms with Crippen molar-refractivity contribution < 1.29 is 24.1 Å². The molecule has 2 aliphatic heterocycles. The fraction of sp³-hybridized carbons (Fsp3) is 0.615. The number of hydrogen-bond acceptors (Lipinski definition) is 8. The molecule has 0 aliphatic carbocycles. The van der Waals surface area contributed by atoms with Crippen molar-refractivity contribution in [1.29, 1.82) is 0 Å². The minimum atomic E-state index is -1.80. The number of carbonyl (C=O) groups excluding carboxylic acids is 1. The number of aliphatic hydroxyl groups is 2. The predicted octanol–water partition coefficient (Wildman–Crippen LogP) is -1.57. The Balaban J connectivity index is 2.28. The van der Waals surface area contributed by atoms with Gasteiger partial charge in [0, 0.05) is 0 Å². The van der Waals surface area contributed by atoms with Crippen molar-refractivity contribution in [2.75, 3.05) is 13.3 Å². The van der Waals surface area contributed by atoms with Crippen LogP contribution in [0.15, 0.2) is 22.3 Å². The van der Waals surface area contributed by atoms with Crippen molar-refractivity contribution in [3.05, 3.63) is 12.3 Å². The predicted molar refractivity (Wildman–Crippen MR) is 80.0 cm³/mol. The van der Waals surface area contributed by atoms with Gasteiger partial charge in [-0.2, -0.15) is 0 Å². The molecule has 0 unspecified atom stereocenters. The summed E-state index contributed by atoms with van der Waals surface area (Å²) in [6.45, 7) is 4.43. The Morgan fingerprint density at radius 1 is 1.70 bits per heavy atom. The van der Waals surface area contributed by atoms with Crippen LogP contribution in [-0.4, -0.2) is 70.7 Å². The lowest BCUT2D eigenvalue weighted by Gasteiger charge is -2.30. The van der Waals surface area contributed by atoms with E-state index in [9.17, 15) is 19.4 Å². The number of guanidine groups is 1. The third kappa shape index (κ3) is 3.19. The Bertz CT molecular complexity index is 548. The molecule has 23 heavy (non-hydrogen) atoms. The number of aliphatic hydroxyl groups excluding tert-OH is 2. The van der Waals surface area contributed by atoms with Crippen LogP contribution in [0.2, 0.25) is 0 Å². The van der Waals surface area contributed by atoms with Crippen LogP contribution in [0.25, 0.3) is 0 Å². The van der Waals surface area contributed by atoms with Gasteiger partial charge in [-0.3, -0.25) is 10.1 Å². The van der Waals surface area contributed by atoms with Crippen LogP contribution in [0.5, 0.6) is 0 Å². The van der Waals surface area contributed by atoms with E-state index in [4.69, 9.17) is 10.5 Å². The third-order valence-electron chi connectivity index (χ3n) is 3.93. The first kappa shape index (κ1) is 17.3. The molecule has 0 aromatic heterocycles. The first-order valence-corrected chi connectivity index (χ1v) is 7.05. The maximum atomic E-state index is 14.5. The summed E-state index contributed by atoms with van der Waals surface area (Å²) in [6.07, 6.45) is -3.18. The van der Waals surface area contributed by atoms with E-state index in [0.29, 0.717) is 0 Å². The zero-order chi connectivity index (χ0) is 17.2. The van der Waals surface area contributed by atoms with E-state index in [1.165, 1.54) is 4.90 Å². The number of alkyl halides is 1. The number of amides is 1. The molecule has 0 saturated carbocycles. The van der Waals surface area contributed by atoms with Gasteiger partial charge in [0.15, 0.2) is 18.4 Å². The largest absolute Gasteiger partial charge is 0.393 e. The lowest BCUT2D eigenvalue weighted by atomic mass is 9.94. The molecule has 0 bridgehead atoms. The van der Waals surface area contributed by atoms with Gasteiger partial charge in [0.25, 0.3) is 5.91 Å². The molecule has 0 aromatic carbocycles. The highest BCUT2D eigenvalue weighted by molar-refractivity contribution is 6.05. The highest BCUT2D eigenvalue weighted by Gasteiger charge is 2.55. The van der Waals surface area contributed by atoms with Gasteiger partial charge >= 0.3 is 0 Å². The molecule has 0 spiro atoms. The Morgan fingerprint density at radius 3 is 2.96 bits per heavy atom. The topological polar surface area (TPSA) is 133 Å². The monoisotopic (exact) mass is 329 g/mol. The Morgan fingerprint density at radius 2 is 2.39 bits per heavy atom. The normalized spacial score (nSPS) is 39.0. The quantitative estimate of drug-likeness (QED) is 0.462.